The Bertz CT molecular complexity index is 1370. The van der Waals surface area contributed by atoms with Crippen molar-refractivity contribution in [1.82, 2.24) is 14.8 Å². The number of phenols is 1. The Labute approximate surface area is 224 Å². The SMILES string of the molecule is C=CC(=O)N1CCN2C(=O)c3c(N4CC(C#N)CC4(C)C)nc(-c4c(O)cccc4F)c(Cl)c3OCC2C1. The Balaban J connectivity index is 1.70. The van der Waals surface area contributed by atoms with Gasteiger partial charge in [-0.15, -0.1) is 0 Å². The summed E-state index contributed by atoms with van der Waals surface area (Å²) >= 11 is 6.76. The summed E-state index contributed by atoms with van der Waals surface area (Å²) < 4.78 is 21.2. The van der Waals surface area contributed by atoms with Crippen molar-refractivity contribution in [2.45, 2.75) is 31.8 Å². The molecule has 2 atom stereocenters. The van der Waals surface area contributed by atoms with Crippen LogP contribution in [0.1, 0.15) is 30.6 Å². The number of piperazine rings is 1. The van der Waals surface area contributed by atoms with E-state index in [1.807, 2.05) is 18.7 Å². The van der Waals surface area contributed by atoms with Gasteiger partial charge in [-0.25, -0.2) is 9.37 Å². The molecule has 1 N–H and O–H groups in total. The van der Waals surface area contributed by atoms with Crippen molar-refractivity contribution in [1.29, 1.82) is 5.26 Å². The van der Waals surface area contributed by atoms with Gasteiger partial charge in [0.25, 0.3) is 5.91 Å². The number of carbonyl (C=O) groups is 2. The minimum absolute atomic E-state index is 0.0338. The third-order valence-electron chi connectivity index (χ3n) is 7.49. The molecule has 2 saturated heterocycles. The molecular weight excluding hydrogens is 513 g/mol. The molecule has 2 fully saturated rings. The van der Waals surface area contributed by atoms with Gasteiger partial charge in [0.1, 0.15) is 40.3 Å². The molecule has 3 aliphatic rings. The summed E-state index contributed by atoms with van der Waals surface area (Å²) in [7, 11) is 0. The van der Waals surface area contributed by atoms with Gasteiger partial charge in [0.15, 0.2) is 5.75 Å². The van der Waals surface area contributed by atoms with Gasteiger partial charge in [0.05, 0.1) is 23.6 Å². The van der Waals surface area contributed by atoms with Crippen molar-refractivity contribution in [2.75, 3.05) is 37.7 Å². The van der Waals surface area contributed by atoms with Crippen LogP contribution in [-0.2, 0) is 4.79 Å². The van der Waals surface area contributed by atoms with E-state index in [-0.39, 0.29) is 76.6 Å². The Morgan fingerprint density at radius 3 is 2.76 bits per heavy atom. The van der Waals surface area contributed by atoms with E-state index in [0.29, 0.717) is 19.5 Å². The average Bonchev–Trinajstić information content (AvgIpc) is 3.12. The molecule has 2 aromatic rings. The van der Waals surface area contributed by atoms with Crippen LogP contribution in [0.4, 0.5) is 10.2 Å². The highest BCUT2D eigenvalue weighted by Gasteiger charge is 2.45. The topological polar surface area (TPSA) is 110 Å². The van der Waals surface area contributed by atoms with Crippen LogP contribution in [-0.4, -0.2) is 76.1 Å². The van der Waals surface area contributed by atoms with E-state index in [2.05, 4.69) is 17.6 Å². The number of anilines is 1. The van der Waals surface area contributed by atoms with Gasteiger partial charge in [0.2, 0.25) is 5.91 Å². The molecule has 0 aliphatic carbocycles. The lowest BCUT2D eigenvalue weighted by molar-refractivity contribution is -0.128. The molecule has 2 amide bonds. The van der Waals surface area contributed by atoms with Gasteiger partial charge in [-0.1, -0.05) is 24.2 Å². The smallest absolute Gasteiger partial charge is 0.261 e. The summed E-state index contributed by atoms with van der Waals surface area (Å²) in [4.78, 5) is 36.1. The lowest BCUT2D eigenvalue weighted by atomic mass is 9.97. The molecule has 0 radical (unpaired) electrons. The van der Waals surface area contributed by atoms with E-state index >= 15 is 0 Å². The first kappa shape index (κ1) is 25.8. The van der Waals surface area contributed by atoms with E-state index in [0.717, 1.165) is 0 Å². The summed E-state index contributed by atoms with van der Waals surface area (Å²) in [6, 6.07) is 5.71. The number of rotatable bonds is 3. The van der Waals surface area contributed by atoms with Crippen molar-refractivity contribution in [3.05, 3.63) is 47.3 Å². The second-order valence-electron chi connectivity index (χ2n) is 10.3. The van der Waals surface area contributed by atoms with E-state index in [1.165, 1.54) is 24.3 Å². The monoisotopic (exact) mass is 539 g/mol. The van der Waals surface area contributed by atoms with Gasteiger partial charge in [-0.3, -0.25) is 9.59 Å². The Kier molecular flexibility index (Phi) is 6.43. The molecule has 2 unspecified atom stereocenters. The van der Waals surface area contributed by atoms with Crippen LogP contribution in [0.15, 0.2) is 30.9 Å². The second kappa shape index (κ2) is 9.48. The summed E-state index contributed by atoms with van der Waals surface area (Å²) in [5.74, 6) is -1.79. The molecule has 0 saturated carbocycles. The van der Waals surface area contributed by atoms with Crippen LogP contribution in [0.3, 0.4) is 0 Å². The van der Waals surface area contributed by atoms with Gasteiger partial charge >= 0.3 is 0 Å². The maximum Gasteiger partial charge on any atom is 0.261 e. The Morgan fingerprint density at radius 2 is 2.11 bits per heavy atom. The van der Waals surface area contributed by atoms with Crippen molar-refractivity contribution in [2.24, 2.45) is 5.92 Å². The third-order valence-corrected chi connectivity index (χ3v) is 7.84. The number of aromatic hydroxyl groups is 1. The molecule has 0 bridgehead atoms. The molecule has 1 aromatic carbocycles. The number of amides is 2. The lowest BCUT2D eigenvalue weighted by Crippen LogP contribution is -2.57. The van der Waals surface area contributed by atoms with Gasteiger partial charge in [0, 0.05) is 31.7 Å². The molecule has 198 valence electrons. The number of hydrogen-bond acceptors (Lipinski definition) is 7. The van der Waals surface area contributed by atoms with Crippen LogP contribution in [0.25, 0.3) is 11.3 Å². The number of halogens is 2. The maximum absolute atomic E-state index is 15.0. The standard InChI is InChI=1S/C27H27ClFN5O4/c1-4-19(36)32-8-9-33-16(13-32)14-38-24-21(26(33)37)25(34-12-15(11-30)10-27(34,2)3)31-23(22(24)28)20-17(29)6-5-7-18(20)35/h4-7,15-16,35H,1,8-10,12-14H2,2-3H3. The maximum atomic E-state index is 15.0. The Morgan fingerprint density at radius 1 is 1.34 bits per heavy atom. The molecule has 5 rings (SSSR count). The molecule has 38 heavy (non-hydrogen) atoms. The highest BCUT2D eigenvalue weighted by atomic mass is 35.5. The molecular formula is C27H27ClFN5O4. The second-order valence-corrected chi connectivity index (χ2v) is 10.7. The van der Waals surface area contributed by atoms with Crippen LogP contribution in [0.5, 0.6) is 11.5 Å². The number of aromatic nitrogens is 1. The summed E-state index contributed by atoms with van der Waals surface area (Å²) in [6.45, 7) is 8.60. The van der Waals surface area contributed by atoms with Gasteiger partial charge in [-0.05, 0) is 38.5 Å². The predicted molar refractivity (Wildman–Crippen MR) is 139 cm³/mol. The highest BCUT2D eigenvalue weighted by Crippen LogP contribution is 2.48. The largest absolute Gasteiger partial charge is 0.507 e. The minimum atomic E-state index is -0.739. The third kappa shape index (κ3) is 4.11. The molecule has 0 spiro atoms. The van der Waals surface area contributed by atoms with E-state index in [4.69, 9.17) is 16.3 Å². The normalized spacial score (nSPS) is 22.2. The number of phenolic OH excluding ortho intramolecular Hbond substituents is 1. The number of fused-ring (bicyclic) bond motifs is 2. The minimum Gasteiger partial charge on any atom is -0.507 e. The lowest BCUT2D eigenvalue weighted by Gasteiger charge is -2.40. The fourth-order valence-electron chi connectivity index (χ4n) is 5.59. The Hall–Kier alpha value is -3.84. The predicted octanol–water partition coefficient (Wildman–Crippen LogP) is 3.61. The van der Waals surface area contributed by atoms with Crippen LogP contribution in [0.2, 0.25) is 5.02 Å². The number of nitriles is 1. The zero-order chi connectivity index (χ0) is 27.4. The fraction of sp³-hybridized carbons (Fsp3) is 0.407. The van der Waals surface area contributed by atoms with E-state index < -0.39 is 17.4 Å². The first-order chi connectivity index (χ1) is 18.1. The number of pyridine rings is 1. The number of benzene rings is 1. The molecule has 11 heteroatoms. The van der Waals surface area contributed by atoms with Gasteiger partial charge < -0.3 is 24.5 Å². The first-order valence-electron chi connectivity index (χ1n) is 12.3. The van der Waals surface area contributed by atoms with Gasteiger partial charge in [-0.2, -0.15) is 5.26 Å². The average molecular weight is 540 g/mol. The van der Waals surface area contributed by atoms with Crippen molar-refractivity contribution >= 4 is 29.2 Å². The zero-order valence-corrected chi connectivity index (χ0v) is 21.8. The number of carbonyl (C=O) groups excluding carboxylic acids is 2. The number of nitrogens with zero attached hydrogens (tertiary/aromatic N) is 5. The molecule has 4 heterocycles. The van der Waals surface area contributed by atoms with Crippen molar-refractivity contribution < 1.29 is 23.8 Å². The summed E-state index contributed by atoms with van der Waals surface area (Å²) in [5, 5.41) is 20.1. The zero-order valence-electron chi connectivity index (χ0n) is 21.1. The highest BCUT2D eigenvalue weighted by molar-refractivity contribution is 6.35. The number of hydrogen-bond donors (Lipinski definition) is 1. The number of ether oxygens (including phenoxy) is 1. The fourth-order valence-corrected chi connectivity index (χ4v) is 5.87. The quantitative estimate of drug-likeness (QED) is 0.593. The van der Waals surface area contributed by atoms with Crippen LogP contribution in [0, 0.1) is 23.1 Å². The van der Waals surface area contributed by atoms with Crippen molar-refractivity contribution in [3.8, 4) is 28.8 Å². The molecule has 9 nitrogen and oxygen atoms in total. The summed E-state index contributed by atoms with van der Waals surface area (Å²) in [5.41, 5.74) is -0.725. The summed E-state index contributed by atoms with van der Waals surface area (Å²) in [6.07, 6.45) is 1.76. The molecule has 3 aliphatic heterocycles. The van der Waals surface area contributed by atoms with E-state index in [9.17, 15) is 24.3 Å². The molecule has 1 aromatic heterocycles. The van der Waals surface area contributed by atoms with Crippen LogP contribution >= 0.6 is 11.6 Å². The van der Waals surface area contributed by atoms with Crippen molar-refractivity contribution in [3.63, 3.8) is 0 Å². The van der Waals surface area contributed by atoms with E-state index in [1.54, 1.807) is 9.80 Å². The van der Waals surface area contributed by atoms with Crippen LogP contribution < -0.4 is 9.64 Å². The first-order valence-corrected chi connectivity index (χ1v) is 12.7.